The summed E-state index contributed by atoms with van der Waals surface area (Å²) in [5.41, 5.74) is 0.160. The summed E-state index contributed by atoms with van der Waals surface area (Å²) in [4.78, 5) is 21.6. The highest BCUT2D eigenvalue weighted by Gasteiger charge is 2.26. The van der Waals surface area contributed by atoms with Crippen molar-refractivity contribution in [2.45, 2.75) is 26.7 Å². The second-order valence-electron chi connectivity index (χ2n) is 3.21. The van der Waals surface area contributed by atoms with E-state index in [0.717, 1.165) is 6.42 Å². The molecule has 15 heavy (non-hydrogen) atoms. The number of rotatable bonds is 4. The second kappa shape index (κ2) is 4.16. The molecule has 1 aromatic heterocycles. The zero-order chi connectivity index (χ0) is 11.6. The molecule has 5 heteroatoms. The monoisotopic (exact) mass is 212 g/mol. The van der Waals surface area contributed by atoms with Gasteiger partial charge in [-0.05, 0) is 13.3 Å². The van der Waals surface area contributed by atoms with Crippen LogP contribution in [0.25, 0.3) is 0 Å². The van der Waals surface area contributed by atoms with E-state index in [4.69, 9.17) is 14.6 Å². The van der Waals surface area contributed by atoms with Crippen LogP contribution in [-0.2, 0) is 6.42 Å². The van der Waals surface area contributed by atoms with Crippen LogP contribution in [0, 0.1) is 6.92 Å². The summed E-state index contributed by atoms with van der Waals surface area (Å²) in [5, 5.41) is 17.6. The van der Waals surface area contributed by atoms with Crippen molar-refractivity contribution in [3.8, 4) is 0 Å². The highest BCUT2D eigenvalue weighted by Crippen LogP contribution is 2.23. The molecule has 0 bridgehead atoms. The fraction of sp³-hybridized carbons (Fsp3) is 0.400. The summed E-state index contributed by atoms with van der Waals surface area (Å²) >= 11 is 0. The highest BCUT2D eigenvalue weighted by atomic mass is 16.4. The number of furan rings is 1. The van der Waals surface area contributed by atoms with E-state index >= 15 is 0 Å². The van der Waals surface area contributed by atoms with E-state index in [2.05, 4.69) is 0 Å². The van der Waals surface area contributed by atoms with Crippen molar-refractivity contribution in [3.05, 3.63) is 22.6 Å². The maximum absolute atomic E-state index is 10.8. The van der Waals surface area contributed by atoms with Crippen LogP contribution < -0.4 is 0 Å². The maximum Gasteiger partial charge on any atom is 0.372 e. The third-order valence-corrected chi connectivity index (χ3v) is 2.13. The quantitative estimate of drug-likeness (QED) is 0.796. The molecule has 0 aliphatic carbocycles. The molecule has 0 amide bonds. The van der Waals surface area contributed by atoms with Gasteiger partial charge in [-0.15, -0.1) is 0 Å². The van der Waals surface area contributed by atoms with Crippen LogP contribution in [0.1, 0.15) is 45.6 Å². The summed E-state index contributed by atoms with van der Waals surface area (Å²) < 4.78 is 5.03. The fourth-order valence-corrected chi connectivity index (χ4v) is 1.43. The number of carboxylic acids is 2. The van der Waals surface area contributed by atoms with Crippen molar-refractivity contribution in [2.75, 3.05) is 0 Å². The number of aromatic carboxylic acids is 2. The molecule has 0 spiro atoms. The minimum absolute atomic E-state index is 0.244. The van der Waals surface area contributed by atoms with Crippen LogP contribution in [-0.4, -0.2) is 22.2 Å². The molecule has 0 atom stereocenters. The number of carbonyl (C=O) groups is 2. The van der Waals surface area contributed by atoms with Gasteiger partial charge in [0.05, 0.1) is 0 Å². The number of aryl methyl sites for hydroxylation is 1. The Bertz CT molecular complexity index is 402. The molecule has 0 aliphatic heterocycles. The predicted molar refractivity (Wildman–Crippen MR) is 51.4 cm³/mol. The van der Waals surface area contributed by atoms with Gasteiger partial charge in [0.25, 0.3) is 0 Å². The molecule has 1 aromatic rings. The lowest BCUT2D eigenvalue weighted by Crippen LogP contribution is -2.05. The Morgan fingerprint density at radius 1 is 1.27 bits per heavy atom. The lowest BCUT2D eigenvalue weighted by atomic mass is 10.1. The topological polar surface area (TPSA) is 87.7 Å². The molecular formula is C10H12O5. The van der Waals surface area contributed by atoms with Crippen molar-refractivity contribution >= 4 is 11.9 Å². The second-order valence-corrected chi connectivity index (χ2v) is 3.21. The molecule has 5 nitrogen and oxygen atoms in total. The van der Waals surface area contributed by atoms with Crippen molar-refractivity contribution in [3.63, 3.8) is 0 Å². The Hall–Kier alpha value is -1.78. The fourth-order valence-electron chi connectivity index (χ4n) is 1.43. The van der Waals surface area contributed by atoms with E-state index in [9.17, 15) is 9.59 Å². The summed E-state index contributed by atoms with van der Waals surface area (Å²) in [7, 11) is 0. The van der Waals surface area contributed by atoms with E-state index in [1.807, 2.05) is 6.92 Å². The molecule has 1 heterocycles. The van der Waals surface area contributed by atoms with Crippen LogP contribution >= 0.6 is 0 Å². The predicted octanol–water partition coefficient (Wildman–Crippen LogP) is 1.94. The Kier molecular flexibility index (Phi) is 3.14. The molecule has 0 radical (unpaired) electrons. The third kappa shape index (κ3) is 2.01. The van der Waals surface area contributed by atoms with Gasteiger partial charge in [-0.25, -0.2) is 9.59 Å². The molecule has 82 valence electrons. The normalized spacial score (nSPS) is 10.3. The lowest BCUT2D eigenvalue weighted by molar-refractivity contribution is 0.0624. The van der Waals surface area contributed by atoms with Gasteiger partial charge in [-0.2, -0.15) is 0 Å². The van der Waals surface area contributed by atoms with Crippen molar-refractivity contribution < 1.29 is 24.2 Å². The average Bonchev–Trinajstić information content (AvgIpc) is 2.44. The van der Waals surface area contributed by atoms with Gasteiger partial charge in [0, 0.05) is 12.0 Å². The Morgan fingerprint density at radius 2 is 1.87 bits per heavy atom. The largest absolute Gasteiger partial charge is 0.478 e. The summed E-state index contributed by atoms with van der Waals surface area (Å²) in [6.45, 7) is 3.47. The molecule has 1 rings (SSSR count). The van der Waals surface area contributed by atoms with E-state index in [1.165, 1.54) is 0 Å². The molecule has 0 saturated heterocycles. The van der Waals surface area contributed by atoms with Gasteiger partial charge in [-0.3, -0.25) is 0 Å². The van der Waals surface area contributed by atoms with Crippen LogP contribution in [0.2, 0.25) is 0 Å². The summed E-state index contributed by atoms with van der Waals surface area (Å²) in [6.07, 6.45) is 1.31. The molecule has 0 fully saturated rings. The first-order valence-corrected chi connectivity index (χ1v) is 4.57. The summed E-state index contributed by atoms with van der Waals surface area (Å²) in [5.74, 6) is -2.66. The van der Waals surface area contributed by atoms with Gasteiger partial charge >= 0.3 is 11.9 Å². The van der Waals surface area contributed by atoms with Gasteiger partial charge in [0.2, 0.25) is 5.76 Å². The Balaban J connectivity index is 3.32. The van der Waals surface area contributed by atoms with Gasteiger partial charge in [0.15, 0.2) is 0 Å². The first kappa shape index (κ1) is 11.3. The molecule has 0 unspecified atom stereocenters. The molecule has 0 aromatic carbocycles. The van der Waals surface area contributed by atoms with Crippen LogP contribution in [0.3, 0.4) is 0 Å². The smallest absolute Gasteiger partial charge is 0.372 e. The van der Waals surface area contributed by atoms with Crippen LogP contribution in [0.4, 0.5) is 0 Å². The van der Waals surface area contributed by atoms with E-state index in [-0.39, 0.29) is 5.56 Å². The van der Waals surface area contributed by atoms with Gasteiger partial charge < -0.3 is 14.6 Å². The Labute approximate surface area is 86.3 Å². The Morgan fingerprint density at radius 3 is 2.20 bits per heavy atom. The minimum atomic E-state index is -1.35. The first-order valence-electron chi connectivity index (χ1n) is 4.57. The highest BCUT2D eigenvalue weighted by molar-refractivity contribution is 6.01. The van der Waals surface area contributed by atoms with Gasteiger partial charge in [-0.1, -0.05) is 6.92 Å². The standard InChI is InChI=1S/C10H12O5/c1-3-4-6-5(2)7(9(11)12)8(15-6)10(13)14/h3-4H2,1-2H3,(H,11,12)(H,13,14). The van der Waals surface area contributed by atoms with E-state index < -0.39 is 17.7 Å². The number of hydrogen-bond acceptors (Lipinski definition) is 3. The first-order chi connectivity index (χ1) is 6.99. The van der Waals surface area contributed by atoms with E-state index in [1.54, 1.807) is 6.92 Å². The zero-order valence-electron chi connectivity index (χ0n) is 8.53. The van der Waals surface area contributed by atoms with Crippen LogP contribution in [0.15, 0.2) is 4.42 Å². The molecule has 0 aliphatic rings. The minimum Gasteiger partial charge on any atom is -0.478 e. The average molecular weight is 212 g/mol. The van der Waals surface area contributed by atoms with Crippen molar-refractivity contribution in [1.82, 2.24) is 0 Å². The maximum atomic E-state index is 10.8. The molecule has 2 N–H and O–H groups in total. The zero-order valence-corrected chi connectivity index (χ0v) is 8.53. The summed E-state index contributed by atoms with van der Waals surface area (Å²) in [6, 6.07) is 0. The van der Waals surface area contributed by atoms with Gasteiger partial charge in [0.1, 0.15) is 11.3 Å². The van der Waals surface area contributed by atoms with Crippen molar-refractivity contribution in [2.24, 2.45) is 0 Å². The van der Waals surface area contributed by atoms with E-state index in [0.29, 0.717) is 17.7 Å². The van der Waals surface area contributed by atoms with Crippen molar-refractivity contribution in [1.29, 1.82) is 0 Å². The third-order valence-electron chi connectivity index (χ3n) is 2.13. The molecular weight excluding hydrogens is 200 g/mol. The number of carboxylic acid groups (broad SMARTS) is 2. The molecule has 0 saturated carbocycles. The SMILES string of the molecule is CCCc1oc(C(=O)O)c(C(=O)O)c1C. The van der Waals surface area contributed by atoms with Crippen LogP contribution in [0.5, 0.6) is 0 Å². The number of hydrogen-bond donors (Lipinski definition) is 2. The lowest BCUT2D eigenvalue weighted by Gasteiger charge is -1.93.